The zero-order valence-electron chi connectivity index (χ0n) is 9.61. The SMILES string of the molecule is O=C(c1cccc(Cl)c1)c1cc2c(cn1)CNC2. The van der Waals surface area contributed by atoms with Crippen molar-refractivity contribution in [2.75, 3.05) is 0 Å². The van der Waals surface area contributed by atoms with Crippen LogP contribution in [-0.2, 0) is 13.1 Å². The van der Waals surface area contributed by atoms with E-state index in [1.54, 1.807) is 30.5 Å². The third kappa shape index (κ3) is 2.03. The van der Waals surface area contributed by atoms with Crippen molar-refractivity contribution in [2.24, 2.45) is 0 Å². The molecule has 1 aliphatic heterocycles. The summed E-state index contributed by atoms with van der Waals surface area (Å²) < 4.78 is 0. The zero-order chi connectivity index (χ0) is 12.5. The second kappa shape index (κ2) is 4.52. The fourth-order valence-corrected chi connectivity index (χ4v) is 2.27. The van der Waals surface area contributed by atoms with Crippen LogP contribution in [0.3, 0.4) is 0 Å². The lowest BCUT2D eigenvalue weighted by atomic mass is 10.1. The van der Waals surface area contributed by atoms with E-state index >= 15 is 0 Å². The molecule has 0 fully saturated rings. The van der Waals surface area contributed by atoms with Gasteiger partial charge in [-0.1, -0.05) is 23.7 Å². The molecule has 90 valence electrons. The summed E-state index contributed by atoms with van der Waals surface area (Å²) in [6.45, 7) is 1.63. The monoisotopic (exact) mass is 258 g/mol. The lowest BCUT2D eigenvalue weighted by Crippen LogP contribution is -2.05. The zero-order valence-corrected chi connectivity index (χ0v) is 10.4. The fourth-order valence-electron chi connectivity index (χ4n) is 2.08. The van der Waals surface area contributed by atoms with Gasteiger partial charge in [-0.05, 0) is 29.3 Å². The number of aromatic nitrogens is 1. The summed E-state index contributed by atoms with van der Waals surface area (Å²) in [5.74, 6) is -0.0906. The van der Waals surface area contributed by atoms with Crippen LogP contribution >= 0.6 is 11.6 Å². The molecule has 0 amide bonds. The smallest absolute Gasteiger partial charge is 0.211 e. The van der Waals surface area contributed by atoms with Gasteiger partial charge in [-0.15, -0.1) is 0 Å². The highest BCUT2D eigenvalue weighted by molar-refractivity contribution is 6.31. The van der Waals surface area contributed by atoms with E-state index in [-0.39, 0.29) is 5.78 Å². The van der Waals surface area contributed by atoms with Crippen molar-refractivity contribution in [2.45, 2.75) is 13.1 Å². The molecule has 0 radical (unpaired) electrons. The number of halogens is 1. The number of hydrogen-bond donors (Lipinski definition) is 1. The van der Waals surface area contributed by atoms with Crippen LogP contribution in [0.15, 0.2) is 36.5 Å². The number of carbonyl (C=O) groups excluding carboxylic acids is 1. The molecular formula is C14H11ClN2O. The Bertz CT molecular complexity index is 625. The highest BCUT2D eigenvalue weighted by Gasteiger charge is 2.16. The molecule has 0 unspecified atom stereocenters. The molecule has 0 saturated heterocycles. The first-order valence-corrected chi connectivity index (χ1v) is 6.10. The molecule has 3 rings (SSSR count). The van der Waals surface area contributed by atoms with Gasteiger partial charge in [0.1, 0.15) is 5.69 Å². The predicted octanol–water partition coefficient (Wildman–Crippen LogP) is 2.57. The molecule has 1 aromatic heterocycles. The number of pyridine rings is 1. The van der Waals surface area contributed by atoms with E-state index in [9.17, 15) is 4.79 Å². The minimum atomic E-state index is -0.0906. The Morgan fingerprint density at radius 3 is 2.89 bits per heavy atom. The fraction of sp³-hybridized carbons (Fsp3) is 0.143. The molecule has 3 nitrogen and oxygen atoms in total. The molecular weight excluding hydrogens is 248 g/mol. The van der Waals surface area contributed by atoms with E-state index in [1.807, 2.05) is 6.07 Å². The van der Waals surface area contributed by atoms with Gasteiger partial charge in [-0.25, -0.2) is 0 Å². The average Bonchev–Trinajstić information content (AvgIpc) is 2.85. The van der Waals surface area contributed by atoms with Crippen molar-refractivity contribution >= 4 is 17.4 Å². The maximum Gasteiger partial charge on any atom is 0.211 e. The molecule has 0 saturated carbocycles. The van der Waals surface area contributed by atoms with Crippen molar-refractivity contribution in [1.29, 1.82) is 0 Å². The number of benzene rings is 1. The average molecular weight is 259 g/mol. The normalized spacial score (nSPS) is 13.4. The number of rotatable bonds is 2. The van der Waals surface area contributed by atoms with Crippen molar-refractivity contribution in [3.8, 4) is 0 Å². The van der Waals surface area contributed by atoms with Gasteiger partial charge in [-0.2, -0.15) is 0 Å². The summed E-state index contributed by atoms with van der Waals surface area (Å²) in [6, 6.07) is 8.79. The first-order chi connectivity index (χ1) is 8.74. The van der Waals surface area contributed by atoms with E-state index in [4.69, 9.17) is 11.6 Å². The first kappa shape index (κ1) is 11.4. The van der Waals surface area contributed by atoms with E-state index in [2.05, 4.69) is 10.3 Å². The summed E-state index contributed by atoms with van der Waals surface area (Å²) in [5.41, 5.74) is 3.36. The second-order valence-corrected chi connectivity index (χ2v) is 4.72. The highest BCUT2D eigenvalue weighted by Crippen LogP contribution is 2.18. The Kier molecular flexibility index (Phi) is 2.86. The molecule has 0 spiro atoms. The Labute approximate surface area is 110 Å². The van der Waals surface area contributed by atoms with Gasteiger partial charge in [0, 0.05) is 29.9 Å². The van der Waals surface area contributed by atoms with Gasteiger partial charge in [0.15, 0.2) is 0 Å². The molecule has 2 aromatic rings. The highest BCUT2D eigenvalue weighted by atomic mass is 35.5. The van der Waals surface area contributed by atoms with Gasteiger partial charge in [0.05, 0.1) is 0 Å². The molecule has 1 aromatic carbocycles. The second-order valence-electron chi connectivity index (χ2n) is 4.28. The van der Waals surface area contributed by atoms with Gasteiger partial charge in [0.2, 0.25) is 5.78 Å². The lowest BCUT2D eigenvalue weighted by Gasteiger charge is -2.03. The molecule has 1 aliphatic rings. The van der Waals surface area contributed by atoms with Crippen LogP contribution in [0.4, 0.5) is 0 Å². The van der Waals surface area contributed by atoms with Gasteiger partial charge in [-0.3, -0.25) is 9.78 Å². The van der Waals surface area contributed by atoms with Crippen LogP contribution in [0.25, 0.3) is 0 Å². The standard InChI is InChI=1S/C14H11ClN2O/c15-12-3-1-2-9(4-12)14(18)13-5-10-6-16-7-11(10)8-17-13/h1-5,8,16H,6-7H2. The summed E-state index contributed by atoms with van der Waals surface area (Å²) in [7, 11) is 0. The molecule has 1 N–H and O–H groups in total. The van der Waals surface area contributed by atoms with Gasteiger partial charge in [0.25, 0.3) is 0 Å². The minimum absolute atomic E-state index is 0.0906. The Hall–Kier alpha value is -1.71. The van der Waals surface area contributed by atoms with Crippen LogP contribution in [0.1, 0.15) is 27.2 Å². The molecule has 4 heteroatoms. The maximum absolute atomic E-state index is 12.3. The summed E-state index contributed by atoms with van der Waals surface area (Å²) in [4.78, 5) is 16.5. The number of hydrogen-bond acceptors (Lipinski definition) is 3. The van der Waals surface area contributed by atoms with E-state index in [0.717, 1.165) is 24.2 Å². The Morgan fingerprint density at radius 1 is 1.22 bits per heavy atom. The predicted molar refractivity (Wildman–Crippen MR) is 69.7 cm³/mol. The lowest BCUT2D eigenvalue weighted by molar-refractivity contribution is 0.103. The third-order valence-electron chi connectivity index (χ3n) is 3.03. The number of fused-ring (bicyclic) bond motifs is 1. The summed E-state index contributed by atoms with van der Waals surface area (Å²) in [6.07, 6.45) is 1.77. The van der Waals surface area contributed by atoms with Crippen LogP contribution in [0, 0.1) is 0 Å². The van der Waals surface area contributed by atoms with Crippen LogP contribution < -0.4 is 5.32 Å². The van der Waals surface area contributed by atoms with Crippen molar-refractivity contribution in [3.05, 3.63) is 63.9 Å². The number of carbonyl (C=O) groups is 1. The quantitative estimate of drug-likeness (QED) is 0.842. The molecule has 0 atom stereocenters. The topological polar surface area (TPSA) is 42.0 Å². The third-order valence-corrected chi connectivity index (χ3v) is 3.27. The molecule has 0 bridgehead atoms. The number of nitrogens with one attached hydrogen (secondary N) is 1. The first-order valence-electron chi connectivity index (χ1n) is 5.73. The van der Waals surface area contributed by atoms with Crippen molar-refractivity contribution in [3.63, 3.8) is 0 Å². The minimum Gasteiger partial charge on any atom is -0.309 e. The number of nitrogens with zero attached hydrogens (tertiary/aromatic N) is 1. The van der Waals surface area contributed by atoms with Crippen LogP contribution in [0.5, 0.6) is 0 Å². The summed E-state index contributed by atoms with van der Waals surface area (Å²) in [5, 5.41) is 3.79. The van der Waals surface area contributed by atoms with Gasteiger partial charge >= 0.3 is 0 Å². The van der Waals surface area contributed by atoms with Crippen molar-refractivity contribution < 1.29 is 4.79 Å². The molecule has 2 heterocycles. The molecule has 18 heavy (non-hydrogen) atoms. The van der Waals surface area contributed by atoms with Crippen LogP contribution in [0.2, 0.25) is 5.02 Å². The van der Waals surface area contributed by atoms with E-state index < -0.39 is 0 Å². The Balaban J connectivity index is 1.98. The van der Waals surface area contributed by atoms with Crippen molar-refractivity contribution in [1.82, 2.24) is 10.3 Å². The number of ketones is 1. The van der Waals surface area contributed by atoms with Crippen LogP contribution in [-0.4, -0.2) is 10.8 Å². The van der Waals surface area contributed by atoms with E-state index in [1.165, 1.54) is 0 Å². The maximum atomic E-state index is 12.3. The molecule has 0 aliphatic carbocycles. The van der Waals surface area contributed by atoms with E-state index in [0.29, 0.717) is 16.3 Å². The summed E-state index contributed by atoms with van der Waals surface area (Å²) >= 11 is 5.89. The Morgan fingerprint density at radius 2 is 2.06 bits per heavy atom. The largest absolute Gasteiger partial charge is 0.309 e. The van der Waals surface area contributed by atoms with Gasteiger partial charge < -0.3 is 5.32 Å².